The van der Waals surface area contributed by atoms with Crippen molar-refractivity contribution in [3.63, 3.8) is 0 Å². The number of methoxy groups -OCH3 is 1. The van der Waals surface area contributed by atoms with E-state index in [2.05, 4.69) is 21.1 Å². The molecule has 0 unspecified atom stereocenters. The average Bonchev–Trinajstić information content (AvgIpc) is 3.44. The zero-order valence-corrected chi connectivity index (χ0v) is 17.6. The number of ether oxygens (including phenoxy) is 1. The summed E-state index contributed by atoms with van der Waals surface area (Å²) in [4.78, 5) is 18.6. The van der Waals surface area contributed by atoms with Crippen molar-refractivity contribution in [2.24, 2.45) is 7.05 Å². The molecule has 1 aliphatic carbocycles. The third-order valence-electron chi connectivity index (χ3n) is 5.94. The molecule has 0 spiro atoms. The van der Waals surface area contributed by atoms with Gasteiger partial charge in [-0.25, -0.2) is 14.6 Å². The molecular weight excluding hydrogens is 390 g/mol. The zero-order chi connectivity index (χ0) is 21.1. The summed E-state index contributed by atoms with van der Waals surface area (Å²) in [7, 11) is 3.67. The molecule has 0 bridgehead atoms. The monoisotopic (exact) mass is 411 g/mol. The summed E-state index contributed by atoms with van der Waals surface area (Å²) in [5.41, 5.74) is 6.60. The minimum atomic E-state index is 0.484. The van der Waals surface area contributed by atoms with E-state index >= 15 is 0 Å². The smallest absolute Gasteiger partial charge is 0.156 e. The number of aryl methyl sites for hydroxylation is 2. The van der Waals surface area contributed by atoms with Gasteiger partial charge >= 0.3 is 0 Å². The predicted octanol–water partition coefficient (Wildman–Crippen LogP) is 3.96. The van der Waals surface area contributed by atoms with Gasteiger partial charge in [0.1, 0.15) is 11.3 Å². The van der Waals surface area contributed by atoms with E-state index in [0.29, 0.717) is 5.92 Å². The molecule has 5 aromatic rings. The van der Waals surface area contributed by atoms with Gasteiger partial charge < -0.3 is 9.30 Å². The predicted molar refractivity (Wildman–Crippen MR) is 117 cm³/mol. The van der Waals surface area contributed by atoms with Crippen LogP contribution in [0, 0.1) is 6.92 Å². The highest BCUT2D eigenvalue weighted by Crippen LogP contribution is 2.42. The van der Waals surface area contributed by atoms with E-state index in [9.17, 15) is 0 Å². The topological polar surface area (TPSA) is 83.5 Å². The minimum Gasteiger partial charge on any atom is -0.496 e. The third kappa shape index (κ3) is 2.78. The van der Waals surface area contributed by atoms with E-state index in [0.717, 1.165) is 69.0 Å². The van der Waals surface area contributed by atoms with E-state index in [4.69, 9.17) is 14.7 Å². The second-order valence-corrected chi connectivity index (χ2v) is 8.02. The van der Waals surface area contributed by atoms with Crippen molar-refractivity contribution in [1.82, 2.24) is 34.3 Å². The van der Waals surface area contributed by atoms with Gasteiger partial charge in [0.2, 0.25) is 0 Å². The quantitative estimate of drug-likeness (QED) is 0.445. The maximum absolute atomic E-state index is 5.53. The van der Waals surface area contributed by atoms with Crippen molar-refractivity contribution in [1.29, 1.82) is 0 Å². The highest BCUT2D eigenvalue weighted by molar-refractivity contribution is 5.87. The molecule has 31 heavy (non-hydrogen) atoms. The second kappa shape index (κ2) is 6.60. The largest absolute Gasteiger partial charge is 0.496 e. The first-order valence-corrected chi connectivity index (χ1v) is 10.3. The van der Waals surface area contributed by atoms with Crippen molar-refractivity contribution < 1.29 is 4.74 Å². The molecule has 0 aliphatic heterocycles. The Labute approximate surface area is 178 Å². The molecule has 6 rings (SSSR count). The molecule has 8 nitrogen and oxygen atoms in total. The van der Waals surface area contributed by atoms with Crippen LogP contribution in [0.1, 0.15) is 30.1 Å². The van der Waals surface area contributed by atoms with Gasteiger partial charge in [0.25, 0.3) is 0 Å². The van der Waals surface area contributed by atoms with Crippen molar-refractivity contribution in [3.05, 3.63) is 54.5 Å². The molecule has 0 radical (unpaired) electrons. The number of rotatable bonds is 4. The Hall–Kier alpha value is -3.81. The summed E-state index contributed by atoms with van der Waals surface area (Å²) in [6.45, 7) is 1.99. The van der Waals surface area contributed by atoms with Gasteiger partial charge in [0, 0.05) is 42.5 Å². The number of nitrogens with zero attached hydrogens (tertiary/aromatic N) is 7. The molecule has 8 heteroatoms. The molecule has 154 valence electrons. The molecule has 5 heterocycles. The van der Waals surface area contributed by atoms with Crippen LogP contribution in [0.4, 0.5) is 0 Å². The molecule has 0 amide bonds. The van der Waals surface area contributed by atoms with Crippen molar-refractivity contribution in [2.45, 2.75) is 25.7 Å². The van der Waals surface area contributed by atoms with E-state index in [-0.39, 0.29) is 0 Å². The van der Waals surface area contributed by atoms with Gasteiger partial charge in [-0.05, 0) is 31.9 Å². The Balaban J connectivity index is 1.59. The van der Waals surface area contributed by atoms with Gasteiger partial charge in [-0.1, -0.05) is 0 Å². The third-order valence-corrected chi connectivity index (χ3v) is 5.94. The fraction of sp³-hybridized carbons (Fsp3) is 0.261. The van der Waals surface area contributed by atoms with E-state index < -0.39 is 0 Å². The first kappa shape index (κ1) is 18.0. The highest BCUT2D eigenvalue weighted by atomic mass is 16.5. The Morgan fingerprint density at radius 3 is 2.77 bits per heavy atom. The van der Waals surface area contributed by atoms with Gasteiger partial charge in [0.15, 0.2) is 5.82 Å². The minimum absolute atomic E-state index is 0.484. The van der Waals surface area contributed by atoms with Gasteiger partial charge in [0.05, 0.1) is 47.6 Å². The fourth-order valence-electron chi connectivity index (χ4n) is 4.14. The fourth-order valence-corrected chi connectivity index (χ4v) is 4.14. The number of hydrogen-bond donors (Lipinski definition) is 0. The van der Waals surface area contributed by atoms with E-state index in [1.165, 1.54) is 0 Å². The molecule has 0 atom stereocenters. The standard InChI is InChI=1S/C23H21N7O/c1-13-15-11-26-30(18(15)8-17(27-13)16-10-24-7-6-20(16)31-3)21-9-19-23(25-12-29(19)2)22(28-21)14-4-5-14/h6-12,14H,4-5H2,1-3H3. The maximum Gasteiger partial charge on any atom is 0.156 e. The van der Waals surface area contributed by atoms with Crippen molar-refractivity contribution in [2.75, 3.05) is 7.11 Å². The lowest BCUT2D eigenvalue weighted by Crippen LogP contribution is -2.04. The molecule has 0 N–H and O–H groups in total. The van der Waals surface area contributed by atoms with Gasteiger partial charge in [-0.2, -0.15) is 5.10 Å². The number of fused-ring (bicyclic) bond motifs is 2. The molecule has 0 aromatic carbocycles. The van der Waals surface area contributed by atoms with Crippen molar-refractivity contribution >= 4 is 21.9 Å². The average molecular weight is 411 g/mol. The zero-order valence-electron chi connectivity index (χ0n) is 17.6. The Morgan fingerprint density at radius 2 is 1.97 bits per heavy atom. The van der Waals surface area contributed by atoms with E-state index in [1.807, 2.05) is 47.9 Å². The summed E-state index contributed by atoms with van der Waals surface area (Å²) in [6.07, 6.45) is 9.52. The van der Waals surface area contributed by atoms with Crippen LogP contribution in [-0.4, -0.2) is 41.4 Å². The van der Waals surface area contributed by atoms with E-state index in [1.54, 1.807) is 19.5 Å². The lowest BCUT2D eigenvalue weighted by molar-refractivity contribution is 0.416. The maximum atomic E-state index is 5.53. The first-order valence-electron chi connectivity index (χ1n) is 10.3. The Bertz CT molecular complexity index is 1460. The van der Waals surface area contributed by atoms with Crippen LogP contribution in [-0.2, 0) is 7.05 Å². The number of pyridine rings is 3. The summed E-state index contributed by atoms with van der Waals surface area (Å²) in [6, 6.07) is 5.93. The van der Waals surface area contributed by atoms with Crippen LogP contribution in [0.5, 0.6) is 5.75 Å². The molecule has 5 aromatic heterocycles. The van der Waals surface area contributed by atoms with Crippen LogP contribution < -0.4 is 4.74 Å². The van der Waals surface area contributed by atoms with Crippen LogP contribution in [0.3, 0.4) is 0 Å². The van der Waals surface area contributed by atoms with Crippen LogP contribution in [0.15, 0.2) is 43.1 Å². The van der Waals surface area contributed by atoms with Crippen LogP contribution in [0.2, 0.25) is 0 Å². The first-order chi connectivity index (χ1) is 15.1. The number of aromatic nitrogens is 7. The van der Waals surface area contributed by atoms with Crippen molar-refractivity contribution in [3.8, 4) is 22.8 Å². The van der Waals surface area contributed by atoms with Gasteiger partial charge in [-0.3, -0.25) is 9.97 Å². The molecule has 0 saturated heterocycles. The van der Waals surface area contributed by atoms with Crippen LogP contribution in [0.25, 0.3) is 39.0 Å². The summed E-state index contributed by atoms with van der Waals surface area (Å²) >= 11 is 0. The number of imidazole rings is 1. The SMILES string of the molecule is COc1ccncc1-c1cc2c(cnn2-c2cc3c(ncn3C)c(C3CC3)n2)c(C)n1. The normalized spacial score (nSPS) is 13.9. The number of hydrogen-bond acceptors (Lipinski definition) is 6. The molecule has 1 saturated carbocycles. The summed E-state index contributed by atoms with van der Waals surface area (Å²) in [5.74, 6) is 2.01. The molecular formula is C23H21N7O. The lowest BCUT2D eigenvalue weighted by Gasteiger charge is -2.10. The Morgan fingerprint density at radius 1 is 1.10 bits per heavy atom. The highest BCUT2D eigenvalue weighted by Gasteiger charge is 2.29. The lowest BCUT2D eigenvalue weighted by atomic mass is 10.1. The molecule has 1 fully saturated rings. The summed E-state index contributed by atoms with van der Waals surface area (Å²) in [5, 5.41) is 5.68. The summed E-state index contributed by atoms with van der Waals surface area (Å²) < 4.78 is 9.46. The second-order valence-electron chi connectivity index (χ2n) is 8.02. The molecule has 1 aliphatic rings. The van der Waals surface area contributed by atoms with Crippen LogP contribution >= 0.6 is 0 Å². The Kier molecular flexibility index (Phi) is 3.83. The van der Waals surface area contributed by atoms with Gasteiger partial charge in [-0.15, -0.1) is 0 Å².